The minimum Gasteiger partial charge on any atom is -0.503 e. The molecule has 1 amide bonds. The van der Waals surface area contributed by atoms with Gasteiger partial charge in [-0.3, -0.25) is 14.5 Å². The standard InChI is InChI=1S/C24H24N2O5/c1-24(2,3)22(28)19-20(15-8-11-17(30-4)18(12-15)31-5)26(23(29)21(19)27)16-9-6-14(13-25)7-10-16/h6-12,20,27H,1-5H3. The van der Waals surface area contributed by atoms with Gasteiger partial charge in [0.25, 0.3) is 5.91 Å². The van der Waals surface area contributed by atoms with Crippen molar-refractivity contribution in [3.63, 3.8) is 0 Å². The van der Waals surface area contributed by atoms with Gasteiger partial charge >= 0.3 is 0 Å². The molecule has 160 valence electrons. The maximum absolute atomic E-state index is 13.3. The number of ketones is 1. The van der Waals surface area contributed by atoms with Crippen LogP contribution < -0.4 is 14.4 Å². The van der Waals surface area contributed by atoms with Crippen molar-refractivity contribution in [2.24, 2.45) is 5.41 Å². The summed E-state index contributed by atoms with van der Waals surface area (Å²) in [6.45, 7) is 5.20. The highest BCUT2D eigenvalue weighted by Crippen LogP contribution is 2.45. The van der Waals surface area contributed by atoms with Crippen molar-refractivity contribution in [2.45, 2.75) is 26.8 Å². The largest absolute Gasteiger partial charge is 0.503 e. The summed E-state index contributed by atoms with van der Waals surface area (Å²) in [5.41, 5.74) is 0.661. The number of rotatable bonds is 5. The Bertz CT molecular complexity index is 1100. The van der Waals surface area contributed by atoms with Crippen LogP contribution in [0.2, 0.25) is 0 Å². The molecule has 3 rings (SSSR count). The smallest absolute Gasteiger partial charge is 0.294 e. The zero-order valence-corrected chi connectivity index (χ0v) is 18.1. The molecule has 7 nitrogen and oxygen atoms in total. The summed E-state index contributed by atoms with van der Waals surface area (Å²) in [6, 6.07) is 12.6. The summed E-state index contributed by atoms with van der Waals surface area (Å²) in [4.78, 5) is 27.7. The molecule has 0 radical (unpaired) electrons. The van der Waals surface area contributed by atoms with E-state index < -0.39 is 23.1 Å². The molecule has 0 aromatic heterocycles. The first-order valence-corrected chi connectivity index (χ1v) is 9.67. The number of anilines is 1. The second kappa shape index (κ2) is 8.15. The Morgan fingerprint density at radius 1 is 1.06 bits per heavy atom. The molecule has 2 aromatic rings. The van der Waals surface area contributed by atoms with Crippen molar-refractivity contribution in [1.29, 1.82) is 5.26 Å². The van der Waals surface area contributed by atoms with E-state index in [4.69, 9.17) is 14.7 Å². The number of aliphatic hydroxyl groups excluding tert-OH is 1. The van der Waals surface area contributed by atoms with Gasteiger partial charge in [-0.15, -0.1) is 0 Å². The van der Waals surface area contributed by atoms with Crippen LogP contribution in [0.25, 0.3) is 0 Å². The Labute approximate surface area is 181 Å². The Balaban J connectivity index is 2.23. The number of amides is 1. The lowest BCUT2D eigenvalue weighted by molar-refractivity contribution is -0.123. The number of carbonyl (C=O) groups excluding carboxylic acids is 2. The fourth-order valence-electron chi connectivity index (χ4n) is 3.54. The molecule has 7 heteroatoms. The van der Waals surface area contributed by atoms with E-state index in [1.807, 2.05) is 6.07 Å². The third kappa shape index (κ3) is 3.84. The fourth-order valence-corrected chi connectivity index (χ4v) is 3.54. The summed E-state index contributed by atoms with van der Waals surface area (Å²) in [6.07, 6.45) is 0. The first-order chi connectivity index (χ1) is 14.6. The van der Waals surface area contributed by atoms with Crippen LogP contribution in [0.1, 0.15) is 37.9 Å². The molecule has 1 heterocycles. The Morgan fingerprint density at radius 2 is 1.68 bits per heavy atom. The molecule has 31 heavy (non-hydrogen) atoms. The van der Waals surface area contributed by atoms with Gasteiger partial charge in [0, 0.05) is 11.1 Å². The monoisotopic (exact) mass is 420 g/mol. The highest BCUT2D eigenvalue weighted by atomic mass is 16.5. The van der Waals surface area contributed by atoms with Crippen molar-refractivity contribution in [3.8, 4) is 17.6 Å². The number of nitriles is 1. The molecule has 1 N–H and O–H groups in total. The van der Waals surface area contributed by atoms with Crippen LogP contribution in [0.3, 0.4) is 0 Å². The molecule has 0 fully saturated rings. The summed E-state index contributed by atoms with van der Waals surface area (Å²) in [5, 5.41) is 19.8. The maximum Gasteiger partial charge on any atom is 0.294 e. The van der Waals surface area contributed by atoms with E-state index in [2.05, 4.69) is 0 Å². The first kappa shape index (κ1) is 21.9. The third-order valence-corrected chi connectivity index (χ3v) is 5.13. The lowest BCUT2D eigenvalue weighted by Crippen LogP contribution is -2.32. The van der Waals surface area contributed by atoms with Gasteiger partial charge in [0.1, 0.15) is 0 Å². The van der Waals surface area contributed by atoms with E-state index >= 15 is 0 Å². The van der Waals surface area contributed by atoms with Crippen LogP contribution in [-0.4, -0.2) is 31.0 Å². The molecular weight excluding hydrogens is 396 g/mol. The molecule has 0 saturated heterocycles. The minimum absolute atomic E-state index is 0.0223. The number of aliphatic hydroxyl groups is 1. The Hall–Kier alpha value is -3.79. The maximum atomic E-state index is 13.3. The van der Waals surface area contributed by atoms with Gasteiger partial charge in [-0.1, -0.05) is 26.8 Å². The highest BCUT2D eigenvalue weighted by molar-refractivity contribution is 6.17. The van der Waals surface area contributed by atoms with Crippen LogP contribution in [0.5, 0.6) is 11.5 Å². The molecule has 2 aromatic carbocycles. The van der Waals surface area contributed by atoms with Gasteiger partial charge in [0.15, 0.2) is 23.0 Å². The summed E-state index contributed by atoms with van der Waals surface area (Å²) in [7, 11) is 3.01. The number of hydrogen-bond acceptors (Lipinski definition) is 6. The van der Waals surface area contributed by atoms with Crippen LogP contribution in [0.15, 0.2) is 53.8 Å². The Kier molecular flexibility index (Phi) is 5.76. The van der Waals surface area contributed by atoms with Crippen molar-refractivity contribution >= 4 is 17.4 Å². The van der Waals surface area contributed by atoms with E-state index in [-0.39, 0.29) is 11.4 Å². The first-order valence-electron chi connectivity index (χ1n) is 9.67. The second-order valence-corrected chi connectivity index (χ2v) is 8.19. The van der Waals surface area contributed by atoms with Crippen molar-refractivity contribution in [3.05, 3.63) is 64.9 Å². The van der Waals surface area contributed by atoms with E-state index in [1.165, 1.54) is 19.1 Å². The number of carbonyl (C=O) groups is 2. The number of hydrogen-bond donors (Lipinski definition) is 1. The average Bonchev–Trinajstić information content (AvgIpc) is 3.02. The molecule has 1 unspecified atom stereocenters. The Morgan fingerprint density at radius 3 is 2.19 bits per heavy atom. The van der Waals surface area contributed by atoms with E-state index in [9.17, 15) is 14.7 Å². The molecule has 1 aliphatic heterocycles. The van der Waals surface area contributed by atoms with Gasteiger partial charge < -0.3 is 14.6 Å². The fraction of sp³-hybridized carbons (Fsp3) is 0.292. The number of Topliss-reactive ketones (excluding diaryl/α,β-unsaturated/α-hetero) is 1. The predicted molar refractivity (Wildman–Crippen MR) is 115 cm³/mol. The van der Waals surface area contributed by atoms with Crippen molar-refractivity contribution in [1.82, 2.24) is 0 Å². The van der Waals surface area contributed by atoms with Gasteiger partial charge in [0.05, 0.1) is 37.5 Å². The second-order valence-electron chi connectivity index (χ2n) is 8.19. The summed E-state index contributed by atoms with van der Waals surface area (Å²) in [5.74, 6) is -0.672. The highest BCUT2D eigenvalue weighted by Gasteiger charge is 2.46. The van der Waals surface area contributed by atoms with Gasteiger partial charge in [-0.05, 0) is 42.0 Å². The number of benzene rings is 2. The van der Waals surface area contributed by atoms with E-state index in [1.54, 1.807) is 63.2 Å². The van der Waals surface area contributed by atoms with E-state index in [0.29, 0.717) is 28.3 Å². The summed E-state index contributed by atoms with van der Waals surface area (Å²) >= 11 is 0. The van der Waals surface area contributed by atoms with Gasteiger partial charge in [-0.2, -0.15) is 5.26 Å². The quantitative estimate of drug-likeness (QED) is 0.782. The number of ether oxygens (including phenoxy) is 2. The molecule has 0 aliphatic carbocycles. The molecule has 1 atom stereocenters. The van der Waals surface area contributed by atoms with Crippen LogP contribution in [-0.2, 0) is 9.59 Å². The normalized spacial score (nSPS) is 16.3. The van der Waals surface area contributed by atoms with Gasteiger partial charge in [0.2, 0.25) is 0 Å². The van der Waals surface area contributed by atoms with Crippen LogP contribution >= 0.6 is 0 Å². The molecule has 0 bridgehead atoms. The zero-order valence-electron chi connectivity index (χ0n) is 18.1. The minimum atomic E-state index is -0.869. The molecule has 0 spiro atoms. The van der Waals surface area contributed by atoms with E-state index in [0.717, 1.165) is 0 Å². The third-order valence-electron chi connectivity index (χ3n) is 5.13. The SMILES string of the molecule is COc1ccc(C2C(C(=O)C(C)(C)C)=C(O)C(=O)N2c2ccc(C#N)cc2)cc1OC. The van der Waals surface area contributed by atoms with Crippen LogP contribution in [0.4, 0.5) is 5.69 Å². The van der Waals surface area contributed by atoms with Crippen LogP contribution in [0, 0.1) is 16.7 Å². The number of nitrogens with zero attached hydrogens (tertiary/aromatic N) is 2. The molecular formula is C24H24N2O5. The topological polar surface area (TPSA) is 99.9 Å². The van der Waals surface area contributed by atoms with Gasteiger partial charge in [-0.25, -0.2) is 0 Å². The lowest BCUT2D eigenvalue weighted by atomic mass is 9.82. The van der Waals surface area contributed by atoms with Crippen molar-refractivity contribution < 1.29 is 24.2 Å². The summed E-state index contributed by atoms with van der Waals surface area (Å²) < 4.78 is 10.7. The lowest BCUT2D eigenvalue weighted by Gasteiger charge is -2.29. The van der Waals surface area contributed by atoms with Crippen molar-refractivity contribution in [2.75, 3.05) is 19.1 Å². The molecule has 0 saturated carbocycles. The predicted octanol–water partition coefficient (Wildman–Crippen LogP) is 4.09. The average molecular weight is 420 g/mol. The number of methoxy groups -OCH3 is 2. The zero-order chi connectivity index (χ0) is 22.9. The molecule has 1 aliphatic rings.